The molecule has 0 radical (unpaired) electrons. The fraction of sp³-hybridized carbons (Fsp3) is 0.810. The SMILES string of the molecule is CCCCCCCCCCCCc1[nH]c2c(c1C)CCCC2. The Bertz CT molecular complexity index is 416. The molecule has 0 aliphatic heterocycles. The van der Waals surface area contributed by atoms with E-state index in [1.165, 1.54) is 96.3 Å². The number of aromatic amines is 1. The molecule has 0 aromatic carbocycles. The Morgan fingerprint density at radius 3 is 2.00 bits per heavy atom. The maximum Gasteiger partial charge on any atom is 0.0184 e. The van der Waals surface area contributed by atoms with Crippen LogP contribution in [0.1, 0.15) is 106 Å². The molecule has 0 amide bonds. The van der Waals surface area contributed by atoms with Crippen LogP contribution in [0.15, 0.2) is 0 Å². The molecule has 22 heavy (non-hydrogen) atoms. The lowest BCUT2D eigenvalue weighted by Crippen LogP contribution is -2.00. The molecular weight excluding hydrogens is 266 g/mol. The zero-order valence-electron chi connectivity index (χ0n) is 15.1. The standard InChI is InChI=1S/C21H37N/c1-3-4-5-6-7-8-9-10-11-12-16-20-18(2)19-15-13-14-17-21(19)22-20/h22H,3-17H2,1-2H3. The molecule has 0 bridgehead atoms. The van der Waals surface area contributed by atoms with Crippen molar-refractivity contribution < 1.29 is 0 Å². The Labute approximate surface area is 138 Å². The van der Waals surface area contributed by atoms with E-state index in [1.54, 1.807) is 22.5 Å². The number of nitrogens with one attached hydrogen (secondary N) is 1. The first kappa shape index (κ1) is 17.6. The fourth-order valence-corrected chi connectivity index (χ4v) is 3.95. The summed E-state index contributed by atoms with van der Waals surface area (Å²) >= 11 is 0. The van der Waals surface area contributed by atoms with E-state index >= 15 is 0 Å². The van der Waals surface area contributed by atoms with Gasteiger partial charge in [0.05, 0.1) is 0 Å². The Hall–Kier alpha value is -0.720. The Morgan fingerprint density at radius 1 is 0.773 bits per heavy atom. The first-order chi connectivity index (χ1) is 10.8. The number of H-pyrrole nitrogens is 1. The van der Waals surface area contributed by atoms with Crippen molar-refractivity contribution in [3.8, 4) is 0 Å². The van der Waals surface area contributed by atoms with Gasteiger partial charge in [-0.3, -0.25) is 0 Å². The van der Waals surface area contributed by atoms with Crippen LogP contribution in [0.4, 0.5) is 0 Å². The van der Waals surface area contributed by atoms with E-state index in [0.717, 1.165) is 0 Å². The molecule has 126 valence electrons. The van der Waals surface area contributed by atoms with Crippen LogP contribution in [-0.4, -0.2) is 4.98 Å². The summed E-state index contributed by atoms with van der Waals surface area (Å²) in [6.45, 7) is 4.63. The highest BCUT2D eigenvalue weighted by atomic mass is 14.7. The predicted molar refractivity (Wildman–Crippen MR) is 97.7 cm³/mol. The van der Waals surface area contributed by atoms with Gasteiger partial charge in [0, 0.05) is 11.4 Å². The molecule has 0 atom stereocenters. The summed E-state index contributed by atoms with van der Waals surface area (Å²) in [5.41, 5.74) is 6.36. The van der Waals surface area contributed by atoms with Crippen LogP contribution in [0.3, 0.4) is 0 Å². The molecule has 2 rings (SSSR count). The average molecular weight is 304 g/mol. The molecule has 1 N–H and O–H groups in total. The van der Waals surface area contributed by atoms with Crippen molar-refractivity contribution in [2.24, 2.45) is 0 Å². The number of aryl methyl sites for hydroxylation is 2. The van der Waals surface area contributed by atoms with Gasteiger partial charge in [-0.2, -0.15) is 0 Å². The molecule has 0 spiro atoms. The molecule has 1 aliphatic rings. The number of aromatic nitrogens is 1. The summed E-state index contributed by atoms with van der Waals surface area (Å²) in [5, 5.41) is 0. The Kier molecular flexibility index (Phi) is 8.12. The van der Waals surface area contributed by atoms with Crippen LogP contribution in [0.2, 0.25) is 0 Å². The van der Waals surface area contributed by atoms with Gasteiger partial charge in [-0.05, 0) is 56.6 Å². The second-order valence-corrected chi connectivity index (χ2v) is 7.32. The number of hydrogen-bond donors (Lipinski definition) is 1. The molecule has 1 aromatic heterocycles. The summed E-state index contributed by atoms with van der Waals surface area (Å²) < 4.78 is 0. The number of fused-ring (bicyclic) bond motifs is 1. The molecular formula is C21H37N. The maximum atomic E-state index is 3.73. The van der Waals surface area contributed by atoms with Crippen molar-refractivity contribution in [3.05, 3.63) is 22.5 Å². The third-order valence-corrected chi connectivity index (χ3v) is 5.46. The van der Waals surface area contributed by atoms with Crippen LogP contribution < -0.4 is 0 Å². The van der Waals surface area contributed by atoms with Crippen molar-refractivity contribution >= 4 is 0 Å². The maximum absolute atomic E-state index is 3.73. The van der Waals surface area contributed by atoms with Crippen molar-refractivity contribution in [1.82, 2.24) is 4.98 Å². The molecule has 1 nitrogen and oxygen atoms in total. The molecule has 1 aromatic rings. The highest BCUT2D eigenvalue weighted by Gasteiger charge is 2.16. The number of unbranched alkanes of at least 4 members (excludes halogenated alkanes) is 9. The van der Waals surface area contributed by atoms with Crippen LogP contribution in [0.25, 0.3) is 0 Å². The Morgan fingerprint density at radius 2 is 1.36 bits per heavy atom. The minimum absolute atomic E-state index is 1.27. The largest absolute Gasteiger partial charge is 0.362 e. The van der Waals surface area contributed by atoms with Gasteiger partial charge in [0.2, 0.25) is 0 Å². The summed E-state index contributed by atoms with van der Waals surface area (Å²) in [6, 6.07) is 0. The quantitative estimate of drug-likeness (QED) is 0.440. The van der Waals surface area contributed by atoms with Crippen molar-refractivity contribution in [2.45, 2.75) is 110 Å². The summed E-state index contributed by atoms with van der Waals surface area (Å²) in [5.74, 6) is 0. The van der Waals surface area contributed by atoms with Gasteiger partial charge in [0.25, 0.3) is 0 Å². The molecule has 0 saturated carbocycles. The molecule has 0 saturated heterocycles. The van der Waals surface area contributed by atoms with Crippen LogP contribution in [0.5, 0.6) is 0 Å². The fourth-order valence-electron chi connectivity index (χ4n) is 3.95. The normalized spacial score (nSPS) is 14.3. The van der Waals surface area contributed by atoms with Gasteiger partial charge < -0.3 is 4.98 Å². The second kappa shape index (κ2) is 10.1. The van der Waals surface area contributed by atoms with Crippen LogP contribution >= 0.6 is 0 Å². The molecule has 1 heteroatoms. The van der Waals surface area contributed by atoms with Gasteiger partial charge in [-0.15, -0.1) is 0 Å². The second-order valence-electron chi connectivity index (χ2n) is 7.32. The lowest BCUT2D eigenvalue weighted by molar-refractivity contribution is 0.555. The van der Waals surface area contributed by atoms with E-state index in [4.69, 9.17) is 0 Å². The zero-order chi connectivity index (χ0) is 15.6. The first-order valence-electron chi connectivity index (χ1n) is 10.0. The summed E-state index contributed by atoms with van der Waals surface area (Å²) in [7, 11) is 0. The van der Waals surface area contributed by atoms with E-state index in [0.29, 0.717) is 0 Å². The van der Waals surface area contributed by atoms with Gasteiger partial charge in [-0.1, -0.05) is 64.7 Å². The van der Waals surface area contributed by atoms with Gasteiger partial charge in [-0.25, -0.2) is 0 Å². The first-order valence-corrected chi connectivity index (χ1v) is 10.0. The minimum Gasteiger partial charge on any atom is -0.362 e. The lowest BCUT2D eigenvalue weighted by Gasteiger charge is -2.10. The number of hydrogen-bond acceptors (Lipinski definition) is 0. The highest BCUT2D eigenvalue weighted by molar-refractivity contribution is 5.37. The van der Waals surface area contributed by atoms with Crippen molar-refractivity contribution in [3.63, 3.8) is 0 Å². The predicted octanol–water partition coefficient (Wildman–Crippen LogP) is 6.67. The Balaban J connectivity index is 1.53. The smallest absolute Gasteiger partial charge is 0.0184 e. The monoisotopic (exact) mass is 303 g/mol. The van der Waals surface area contributed by atoms with Crippen LogP contribution in [-0.2, 0) is 19.3 Å². The third kappa shape index (κ3) is 5.48. The summed E-state index contributed by atoms with van der Waals surface area (Å²) in [6.07, 6.45) is 20.9. The van der Waals surface area contributed by atoms with Gasteiger partial charge in [0.15, 0.2) is 0 Å². The molecule has 0 unspecified atom stereocenters. The van der Waals surface area contributed by atoms with Gasteiger partial charge >= 0.3 is 0 Å². The third-order valence-electron chi connectivity index (χ3n) is 5.46. The van der Waals surface area contributed by atoms with E-state index in [2.05, 4.69) is 18.8 Å². The molecule has 1 heterocycles. The van der Waals surface area contributed by atoms with Crippen molar-refractivity contribution in [2.75, 3.05) is 0 Å². The van der Waals surface area contributed by atoms with E-state index in [1.807, 2.05) is 0 Å². The summed E-state index contributed by atoms with van der Waals surface area (Å²) in [4.78, 5) is 3.73. The van der Waals surface area contributed by atoms with E-state index in [-0.39, 0.29) is 0 Å². The topological polar surface area (TPSA) is 15.8 Å². The average Bonchev–Trinajstić information content (AvgIpc) is 2.86. The van der Waals surface area contributed by atoms with Crippen molar-refractivity contribution in [1.29, 1.82) is 0 Å². The molecule has 1 aliphatic carbocycles. The van der Waals surface area contributed by atoms with Gasteiger partial charge in [0.1, 0.15) is 0 Å². The minimum atomic E-state index is 1.27. The van der Waals surface area contributed by atoms with E-state index in [9.17, 15) is 0 Å². The lowest BCUT2D eigenvalue weighted by atomic mass is 9.94. The van der Waals surface area contributed by atoms with Crippen LogP contribution in [0, 0.1) is 6.92 Å². The molecule has 0 fully saturated rings. The zero-order valence-corrected chi connectivity index (χ0v) is 15.1. The van der Waals surface area contributed by atoms with E-state index < -0.39 is 0 Å². The highest BCUT2D eigenvalue weighted by Crippen LogP contribution is 2.27. The number of rotatable bonds is 11.